The Bertz CT molecular complexity index is 157. The molecule has 0 aliphatic heterocycles. The molecule has 3 heteroatoms. The predicted molar refractivity (Wildman–Crippen MR) is 46.8 cm³/mol. The van der Waals surface area contributed by atoms with Crippen LogP contribution in [-0.2, 0) is 4.79 Å². The van der Waals surface area contributed by atoms with Gasteiger partial charge in [-0.3, -0.25) is 4.79 Å². The van der Waals surface area contributed by atoms with E-state index >= 15 is 0 Å². The molecule has 0 saturated heterocycles. The number of carbonyl (C=O) groups is 1. The summed E-state index contributed by atoms with van der Waals surface area (Å²) in [6.07, 6.45) is 0. The fraction of sp³-hybridized carbons (Fsp3) is 0.889. The average molecular weight is 174 g/mol. The summed E-state index contributed by atoms with van der Waals surface area (Å²) in [7, 11) is 0. The van der Waals surface area contributed by atoms with Crippen molar-refractivity contribution in [3.63, 3.8) is 0 Å². The molecule has 0 saturated carbocycles. The molecule has 0 atom stereocenters. The minimum Gasteiger partial charge on any atom is -0.390 e. The fourth-order valence-electron chi connectivity index (χ4n) is 1.86. The molecule has 0 heterocycles. The minimum atomic E-state index is -1.18. The van der Waals surface area contributed by atoms with Gasteiger partial charge in [0.1, 0.15) is 5.78 Å². The molecule has 0 aromatic carbocycles. The van der Waals surface area contributed by atoms with Crippen molar-refractivity contribution >= 4 is 5.78 Å². The summed E-state index contributed by atoms with van der Waals surface area (Å²) in [5.41, 5.74) is -2.35. The van der Waals surface area contributed by atoms with E-state index in [9.17, 15) is 15.0 Å². The summed E-state index contributed by atoms with van der Waals surface area (Å²) in [4.78, 5) is 11.1. The van der Waals surface area contributed by atoms with Crippen LogP contribution in [0.15, 0.2) is 0 Å². The lowest BCUT2D eigenvalue weighted by atomic mass is 9.76. The quantitative estimate of drug-likeness (QED) is 0.663. The van der Waals surface area contributed by atoms with Gasteiger partial charge >= 0.3 is 0 Å². The highest BCUT2D eigenvalue weighted by Crippen LogP contribution is 2.28. The van der Waals surface area contributed by atoms with Crippen LogP contribution in [0, 0.1) is 5.92 Å². The van der Waals surface area contributed by atoms with E-state index in [4.69, 9.17) is 0 Å². The molecule has 72 valence electrons. The summed E-state index contributed by atoms with van der Waals surface area (Å²) in [5.74, 6) is -0.944. The van der Waals surface area contributed by atoms with Crippen molar-refractivity contribution in [2.45, 2.75) is 45.8 Å². The third-order valence-corrected chi connectivity index (χ3v) is 1.82. The van der Waals surface area contributed by atoms with E-state index in [1.54, 1.807) is 0 Å². The Balaban J connectivity index is 4.82. The van der Waals surface area contributed by atoms with Crippen LogP contribution < -0.4 is 0 Å². The van der Waals surface area contributed by atoms with Gasteiger partial charge in [0, 0.05) is 0 Å². The van der Waals surface area contributed by atoms with Crippen molar-refractivity contribution in [1.29, 1.82) is 0 Å². The molecule has 0 fully saturated rings. The van der Waals surface area contributed by atoms with Gasteiger partial charge in [0.25, 0.3) is 0 Å². The molecule has 0 unspecified atom stereocenters. The first-order chi connectivity index (χ1) is 5.07. The van der Waals surface area contributed by atoms with E-state index in [2.05, 4.69) is 0 Å². The molecule has 0 spiro atoms. The number of aliphatic hydroxyl groups is 2. The number of hydrogen-bond acceptors (Lipinski definition) is 3. The van der Waals surface area contributed by atoms with E-state index in [0.29, 0.717) is 0 Å². The zero-order valence-corrected chi connectivity index (χ0v) is 8.38. The van der Waals surface area contributed by atoms with E-state index in [-0.39, 0.29) is 5.78 Å². The fourth-order valence-corrected chi connectivity index (χ4v) is 1.86. The first-order valence-electron chi connectivity index (χ1n) is 4.02. The smallest absolute Gasteiger partial charge is 0.138 e. The van der Waals surface area contributed by atoms with Gasteiger partial charge in [0.15, 0.2) is 0 Å². The normalized spacial score (nSPS) is 13.7. The Morgan fingerprint density at radius 3 is 1.33 bits per heavy atom. The molecule has 0 radical (unpaired) electrons. The zero-order valence-electron chi connectivity index (χ0n) is 8.38. The maximum atomic E-state index is 11.1. The maximum Gasteiger partial charge on any atom is 0.138 e. The Hall–Kier alpha value is -0.410. The highest BCUT2D eigenvalue weighted by molar-refractivity contribution is 5.80. The number of Topliss-reactive ketones (excluding diaryl/α,β-unsaturated/α-hetero) is 1. The van der Waals surface area contributed by atoms with Crippen molar-refractivity contribution in [3.05, 3.63) is 0 Å². The van der Waals surface area contributed by atoms with E-state index < -0.39 is 17.1 Å². The highest BCUT2D eigenvalue weighted by atomic mass is 16.3. The standard InChI is InChI=1S/C9H18O3/c1-6(10)7(8(2,3)11)9(4,5)12/h7,11-12H,1-5H3. The molecule has 0 bridgehead atoms. The van der Waals surface area contributed by atoms with Gasteiger partial charge in [-0.05, 0) is 34.6 Å². The van der Waals surface area contributed by atoms with Gasteiger partial charge < -0.3 is 10.2 Å². The Kier molecular flexibility index (Phi) is 3.04. The Morgan fingerprint density at radius 2 is 1.33 bits per heavy atom. The SMILES string of the molecule is CC(=O)C(C(C)(C)O)C(C)(C)O. The minimum absolute atomic E-state index is 0.199. The van der Waals surface area contributed by atoms with Crippen LogP contribution in [0.4, 0.5) is 0 Å². The summed E-state index contributed by atoms with van der Waals surface area (Å²) in [6, 6.07) is 0. The van der Waals surface area contributed by atoms with Crippen molar-refractivity contribution in [2.24, 2.45) is 5.92 Å². The monoisotopic (exact) mass is 174 g/mol. The maximum absolute atomic E-state index is 11.1. The van der Waals surface area contributed by atoms with Gasteiger partial charge in [-0.15, -0.1) is 0 Å². The van der Waals surface area contributed by atoms with Crippen LogP contribution in [0.1, 0.15) is 34.6 Å². The summed E-state index contributed by atoms with van der Waals surface area (Å²) < 4.78 is 0. The summed E-state index contributed by atoms with van der Waals surface area (Å²) >= 11 is 0. The molecule has 3 nitrogen and oxygen atoms in total. The molecule has 0 aliphatic carbocycles. The van der Waals surface area contributed by atoms with Gasteiger partial charge in [0.05, 0.1) is 17.1 Å². The van der Waals surface area contributed by atoms with Crippen LogP contribution in [0.3, 0.4) is 0 Å². The first kappa shape index (κ1) is 11.6. The van der Waals surface area contributed by atoms with Crippen LogP contribution in [0.25, 0.3) is 0 Å². The third-order valence-electron chi connectivity index (χ3n) is 1.82. The number of hydrogen-bond donors (Lipinski definition) is 2. The molecular formula is C9H18O3. The molecule has 0 amide bonds. The zero-order chi connectivity index (χ0) is 10.2. The van der Waals surface area contributed by atoms with Gasteiger partial charge in [0.2, 0.25) is 0 Å². The molecule has 0 aromatic heterocycles. The lowest BCUT2D eigenvalue weighted by molar-refractivity contribution is -0.144. The highest BCUT2D eigenvalue weighted by Gasteiger charge is 2.41. The van der Waals surface area contributed by atoms with Gasteiger partial charge in [-0.2, -0.15) is 0 Å². The Labute approximate surface area is 73.4 Å². The molecule has 0 aromatic rings. The van der Waals surface area contributed by atoms with Crippen LogP contribution in [0.5, 0.6) is 0 Å². The van der Waals surface area contributed by atoms with Crippen molar-refractivity contribution < 1.29 is 15.0 Å². The second-order valence-corrected chi connectivity index (χ2v) is 4.35. The van der Waals surface area contributed by atoms with E-state index in [0.717, 1.165) is 0 Å². The number of rotatable bonds is 3. The predicted octanol–water partition coefficient (Wildman–Crippen LogP) is 0.733. The van der Waals surface area contributed by atoms with Crippen molar-refractivity contribution in [2.75, 3.05) is 0 Å². The number of ketones is 1. The Morgan fingerprint density at radius 1 is 1.08 bits per heavy atom. The van der Waals surface area contributed by atoms with E-state index in [1.165, 1.54) is 34.6 Å². The molecular weight excluding hydrogens is 156 g/mol. The van der Waals surface area contributed by atoms with Crippen LogP contribution >= 0.6 is 0 Å². The van der Waals surface area contributed by atoms with Crippen molar-refractivity contribution in [1.82, 2.24) is 0 Å². The lowest BCUT2D eigenvalue weighted by Crippen LogP contribution is -2.49. The first-order valence-corrected chi connectivity index (χ1v) is 4.02. The summed E-state index contributed by atoms with van der Waals surface area (Å²) in [5, 5.41) is 19.2. The molecule has 0 rings (SSSR count). The molecule has 2 N–H and O–H groups in total. The lowest BCUT2D eigenvalue weighted by Gasteiger charge is -2.36. The van der Waals surface area contributed by atoms with Crippen LogP contribution in [0.2, 0.25) is 0 Å². The second-order valence-electron chi connectivity index (χ2n) is 4.35. The van der Waals surface area contributed by atoms with Gasteiger partial charge in [-0.25, -0.2) is 0 Å². The van der Waals surface area contributed by atoms with Crippen LogP contribution in [-0.4, -0.2) is 27.2 Å². The summed E-state index contributed by atoms with van der Waals surface area (Å²) in [6.45, 7) is 7.47. The molecule has 12 heavy (non-hydrogen) atoms. The van der Waals surface area contributed by atoms with Gasteiger partial charge in [-0.1, -0.05) is 0 Å². The second kappa shape index (κ2) is 3.15. The average Bonchev–Trinajstić information content (AvgIpc) is 1.49. The number of carbonyl (C=O) groups excluding carboxylic acids is 1. The topological polar surface area (TPSA) is 57.5 Å². The third kappa shape index (κ3) is 2.91. The van der Waals surface area contributed by atoms with E-state index in [1.807, 2.05) is 0 Å². The largest absolute Gasteiger partial charge is 0.390 e. The molecule has 0 aliphatic rings. The van der Waals surface area contributed by atoms with Crippen molar-refractivity contribution in [3.8, 4) is 0 Å².